The van der Waals surface area contributed by atoms with Crippen molar-refractivity contribution < 1.29 is 24.2 Å². The van der Waals surface area contributed by atoms with Crippen molar-refractivity contribution in [2.75, 3.05) is 13.2 Å². The van der Waals surface area contributed by atoms with Crippen molar-refractivity contribution in [3.63, 3.8) is 0 Å². The molecule has 0 heterocycles. The highest BCUT2D eigenvalue weighted by Crippen LogP contribution is 2.17. The smallest absolute Gasteiger partial charge is 0.306 e. The van der Waals surface area contributed by atoms with Gasteiger partial charge in [0.05, 0.1) is 6.61 Å². The second-order valence-electron chi connectivity index (χ2n) is 16.9. The van der Waals surface area contributed by atoms with E-state index in [0.717, 1.165) is 38.5 Å². The number of allylic oxidation sites excluding steroid dienone is 2. The van der Waals surface area contributed by atoms with E-state index >= 15 is 0 Å². The SMILES string of the molecule is CCCCCCCCC/C=C\CCCCCCCC(=O)OC(CO)COC(=O)CCCCCCCCCCCCCCCCCCCCCCCCCCC. The van der Waals surface area contributed by atoms with Crippen LogP contribution in [0.3, 0.4) is 0 Å². The van der Waals surface area contributed by atoms with Gasteiger partial charge in [0.15, 0.2) is 6.10 Å². The lowest BCUT2D eigenvalue weighted by Crippen LogP contribution is -2.28. The summed E-state index contributed by atoms with van der Waals surface area (Å²) < 4.78 is 10.7. The van der Waals surface area contributed by atoms with E-state index in [1.807, 2.05) is 0 Å². The van der Waals surface area contributed by atoms with Gasteiger partial charge in [-0.1, -0.05) is 238 Å². The first-order chi connectivity index (χ1) is 27.1. The molecule has 0 radical (unpaired) electrons. The van der Waals surface area contributed by atoms with Gasteiger partial charge in [-0.3, -0.25) is 9.59 Å². The largest absolute Gasteiger partial charge is 0.462 e. The summed E-state index contributed by atoms with van der Waals surface area (Å²) in [5, 5.41) is 9.60. The number of carbonyl (C=O) groups is 2. The molecule has 0 aliphatic heterocycles. The molecule has 0 bridgehead atoms. The molecule has 5 heteroatoms. The van der Waals surface area contributed by atoms with Crippen molar-refractivity contribution in [2.45, 2.75) is 283 Å². The van der Waals surface area contributed by atoms with Gasteiger partial charge in [0.25, 0.3) is 0 Å². The van der Waals surface area contributed by atoms with Gasteiger partial charge in [-0.15, -0.1) is 0 Å². The van der Waals surface area contributed by atoms with E-state index in [-0.39, 0.29) is 25.2 Å². The molecule has 0 rings (SSSR count). The van der Waals surface area contributed by atoms with Crippen LogP contribution in [-0.4, -0.2) is 36.4 Å². The third-order valence-electron chi connectivity index (χ3n) is 11.3. The first-order valence-electron chi connectivity index (χ1n) is 24.7. The summed E-state index contributed by atoms with van der Waals surface area (Å²) in [4.78, 5) is 24.4. The Kier molecular flexibility index (Phi) is 45.9. The molecule has 0 saturated carbocycles. The van der Waals surface area contributed by atoms with Gasteiger partial charge in [-0.2, -0.15) is 0 Å². The van der Waals surface area contributed by atoms with Crippen LogP contribution in [0, 0.1) is 0 Å². The lowest BCUT2D eigenvalue weighted by molar-refractivity contribution is -0.161. The first kappa shape index (κ1) is 53.6. The van der Waals surface area contributed by atoms with Crippen molar-refractivity contribution in [1.29, 1.82) is 0 Å². The van der Waals surface area contributed by atoms with Crippen molar-refractivity contribution in [2.24, 2.45) is 0 Å². The van der Waals surface area contributed by atoms with Gasteiger partial charge in [0.2, 0.25) is 0 Å². The Balaban J connectivity index is 3.43. The molecule has 1 atom stereocenters. The highest BCUT2D eigenvalue weighted by atomic mass is 16.6. The molecule has 0 spiro atoms. The molecule has 0 aromatic heterocycles. The number of aliphatic hydroxyl groups excluding tert-OH is 1. The first-order valence-corrected chi connectivity index (χ1v) is 24.7. The Hall–Kier alpha value is -1.36. The number of hydrogen-bond donors (Lipinski definition) is 1. The van der Waals surface area contributed by atoms with E-state index in [2.05, 4.69) is 26.0 Å². The Morgan fingerprint density at radius 1 is 0.400 bits per heavy atom. The van der Waals surface area contributed by atoms with E-state index < -0.39 is 6.10 Å². The van der Waals surface area contributed by atoms with Gasteiger partial charge in [0.1, 0.15) is 6.61 Å². The molecule has 0 aliphatic rings. The van der Waals surface area contributed by atoms with Crippen LogP contribution in [0.2, 0.25) is 0 Å². The molecule has 1 N–H and O–H groups in total. The molecule has 5 nitrogen and oxygen atoms in total. The third kappa shape index (κ3) is 45.2. The number of carbonyl (C=O) groups excluding carboxylic acids is 2. The Morgan fingerprint density at radius 3 is 0.982 bits per heavy atom. The molecule has 1 unspecified atom stereocenters. The van der Waals surface area contributed by atoms with Crippen molar-refractivity contribution in [1.82, 2.24) is 0 Å². The van der Waals surface area contributed by atoms with Crippen LogP contribution in [0.25, 0.3) is 0 Å². The quantitative estimate of drug-likeness (QED) is 0.0379. The molecule has 0 aromatic rings. The fourth-order valence-corrected chi connectivity index (χ4v) is 7.55. The molecule has 326 valence electrons. The summed E-state index contributed by atoms with van der Waals surface area (Å²) >= 11 is 0. The summed E-state index contributed by atoms with van der Waals surface area (Å²) in [6, 6.07) is 0. The zero-order valence-corrected chi connectivity index (χ0v) is 37.2. The number of ether oxygens (including phenoxy) is 2. The number of unbranched alkanes of at least 4 members (excludes halogenated alkanes) is 36. The zero-order valence-electron chi connectivity index (χ0n) is 37.2. The van der Waals surface area contributed by atoms with Gasteiger partial charge >= 0.3 is 11.9 Å². The molecule has 0 amide bonds. The molecule has 0 aliphatic carbocycles. The lowest BCUT2D eigenvalue weighted by atomic mass is 10.0. The van der Waals surface area contributed by atoms with E-state index in [4.69, 9.17) is 9.47 Å². The van der Waals surface area contributed by atoms with Crippen LogP contribution in [0.1, 0.15) is 277 Å². The second kappa shape index (κ2) is 47.0. The van der Waals surface area contributed by atoms with Crippen molar-refractivity contribution in [3.05, 3.63) is 12.2 Å². The van der Waals surface area contributed by atoms with Crippen LogP contribution in [0.5, 0.6) is 0 Å². The van der Waals surface area contributed by atoms with Crippen molar-refractivity contribution >= 4 is 11.9 Å². The lowest BCUT2D eigenvalue weighted by Gasteiger charge is -2.15. The van der Waals surface area contributed by atoms with Crippen LogP contribution >= 0.6 is 0 Å². The molecule has 55 heavy (non-hydrogen) atoms. The van der Waals surface area contributed by atoms with Gasteiger partial charge in [-0.25, -0.2) is 0 Å². The average Bonchev–Trinajstić information content (AvgIpc) is 3.19. The van der Waals surface area contributed by atoms with E-state index in [9.17, 15) is 14.7 Å². The zero-order chi connectivity index (χ0) is 40.0. The fourth-order valence-electron chi connectivity index (χ4n) is 7.55. The van der Waals surface area contributed by atoms with E-state index in [1.54, 1.807) is 0 Å². The normalized spacial score (nSPS) is 12.1. The minimum absolute atomic E-state index is 0.0625. The third-order valence-corrected chi connectivity index (χ3v) is 11.3. The minimum atomic E-state index is -0.770. The van der Waals surface area contributed by atoms with Crippen LogP contribution in [0.4, 0.5) is 0 Å². The number of esters is 2. The summed E-state index contributed by atoms with van der Waals surface area (Å²) in [6.45, 7) is 4.17. The molecular weight excluding hydrogens is 681 g/mol. The van der Waals surface area contributed by atoms with Crippen molar-refractivity contribution in [3.8, 4) is 0 Å². The number of hydrogen-bond acceptors (Lipinski definition) is 5. The maximum Gasteiger partial charge on any atom is 0.306 e. The maximum atomic E-state index is 12.2. The summed E-state index contributed by atoms with van der Waals surface area (Å²) in [7, 11) is 0. The van der Waals surface area contributed by atoms with E-state index in [1.165, 1.54) is 212 Å². The topological polar surface area (TPSA) is 72.8 Å². The minimum Gasteiger partial charge on any atom is -0.462 e. The maximum absolute atomic E-state index is 12.2. The molecule has 0 aromatic carbocycles. The van der Waals surface area contributed by atoms with Gasteiger partial charge in [-0.05, 0) is 38.5 Å². The van der Waals surface area contributed by atoms with Gasteiger partial charge in [0, 0.05) is 12.8 Å². The molecule has 0 fully saturated rings. The highest BCUT2D eigenvalue weighted by Gasteiger charge is 2.16. The summed E-state index contributed by atoms with van der Waals surface area (Å²) in [6.07, 6.45) is 55.9. The number of rotatable bonds is 46. The summed E-state index contributed by atoms with van der Waals surface area (Å²) in [5.41, 5.74) is 0. The average molecular weight is 777 g/mol. The predicted octanol–water partition coefficient (Wildman–Crippen LogP) is 16.0. The molecular formula is C50H96O5. The van der Waals surface area contributed by atoms with E-state index in [0.29, 0.717) is 12.8 Å². The van der Waals surface area contributed by atoms with Crippen LogP contribution in [0.15, 0.2) is 12.2 Å². The second-order valence-corrected chi connectivity index (χ2v) is 16.9. The summed E-state index contributed by atoms with van der Waals surface area (Å²) in [5.74, 6) is -0.583. The Bertz CT molecular complexity index is 795. The Morgan fingerprint density at radius 2 is 0.673 bits per heavy atom. The standard InChI is InChI=1S/C50H96O5/c1-3-5-7-9-11-13-15-17-19-21-22-23-24-25-26-27-28-29-31-32-34-36-38-40-42-44-49(52)54-47-48(46-51)55-50(53)45-43-41-39-37-35-33-30-20-18-16-14-12-10-8-6-4-2/h20,30,48,51H,3-19,21-29,31-47H2,1-2H3/b30-20-. The fraction of sp³-hybridized carbons (Fsp3) is 0.920. The molecule has 0 saturated heterocycles. The van der Waals surface area contributed by atoms with Crippen LogP contribution < -0.4 is 0 Å². The highest BCUT2D eigenvalue weighted by molar-refractivity contribution is 5.70. The van der Waals surface area contributed by atoms with Crippen LogP contribution in [-0.2, 0) is 19.1 Å². The Labute approximate surface area is 343 Å². The monoisotopic (exact) mass is 777 g/mol. The number of aliphatic hydroxyl groups is 1. The van der Waals surface area contributed by atoms with Gasteiger partial charge < -0.3 is 14.6 Å². The predicted molar refractivity (Wildman–Crippen MR) is 238 cm³/mol.